The third-order valence-electron chi connectivity index (χ3n) is 11.1. The molecule has 9 aromatic carbocycles. The molecule has 0 heterocycles. The minimum Gasteiger partial charge on any atom is -1.00 e. The van der Waals surface area contributed by atoms with E-state index in [0.717, 1.165) is 52.1 Å². The van der Waals surface area contributed by atoms with Crippen LogP contribution in [-0.2, 0) is 0 Å². The molecule has 0 amide bonds. The van der Waals surface area contributed by atoms with E-state index in [4.69, 9.17) is 0 Å². The number of hydrogen-bond acceptors (Lipinski definition) is 3. The number of halogens is 3. The number of carbonyl (C=O) groups is 2. The van der Waals surface area contributed by atoms with Gasteiger partial charge < -0.3 is 17.0 Å². The van der Waals surface area contributed by atoms with Crippen LogP contribution < -0.4 is 43.5 Å². The van der Waals surface area contributed by atoms with E-state index in [2.05, 4.69) is 165 Å². The Kier molecular flexibility index (Phi) is 13.3. The van der Waals surface area contributed by atoms with Gasteiger partial charge in [-0.2, -0.15) is 0 Å². The summed E-state index contributed by atoms with van der Waals surface area (Å²) in [6.45, 7) is 0. The molecule has 63 heavy (non-hydrogen) atoms. The summed E-state index contributed by atoms with van der Waals surface area (Å²) in [5, 5.41) is 10.7. The fraction of sp³-hybridized carbons (Fsp3) is 0. The Labute approximate surface area is 393 Å². The van der Waals surface area contributed by atoms with Gasteiger partial charge in [0.25, 0.3) is 0 Å². The second-order valence-electron chi connectivity index (χ2n) is 14.9. The lowest BCUT2D eigenvalue weighted by Crippen LogP contribution is -3.00. The summed E-state index contributed by atoms with van der Waals surface area (Å²) in [5.74, 6) is 1.73. The molecule has 0 fully saturated rings. The average molecular weight is 1030 g/mol. The van der Waals surface area contributed by atoms with E-state index < -0.39 is 7.26 Å². The van der Waals surface area contributed by atoms with Crippen LogP contribution in [0, 0.1) is 6.42 Å². The lowest BCUT2D eigenvalue weighted by molar-refractivity contribution is -0.0000227. The van der Waals surface area contributed by atoms with Crippen molar-refractivity contribution in [2.75, 3.05) is 0 Å². The van der Waals surface area contributed by atoms with E-state index in [-0.39, 0.29) is 34.0 Å². The molecule has 11 rings (SSSR count). The maximum atomic E-state index is 12.7. The monoisotopic (exact) mass is 1030 g/mol. The van der Waals surface area contributed by atoms with E-state index in [1.807, 2.05) is 66.7 Å². The van der Waals surface area contributed by atoms with Gasteiger partial charge in [0.2, 0.25) is 11.6 Å². The fourth-order valence-corrected chi connectivity index (χ4v) is 13.1. The summed E-state index contributed by atoms with van der Waals surface area (Å²) in [6.07, 6.45) is 10.5. The first-order valence-electron chi connectivity index (χ1n) is 20.1. The molecule has 7 heteroatoms. The zero-order valence-corrected chi connectivity index (χ0v) is 39.3. The van der Waals surface area contributed by atoms with Crippen molar-refractivity contribution in [3.05, 3.63) is 265 Å². The zero-order valence-electron chi connectivity index (χ0n) is 33.7. The standard InChI is InChI=1S/C25H20BrP.C19H11BrO.C12H6O2.BrH/c26-22-12-10-11-21(19-22)20-27(23-13-4-1-5-14-23,24-15-6-2-7-16-24)25-17-8-3-9-18-25;20-14-7-1-4-12(10-14)11-17-15-8-2-5-13-6-3-9-16(18(13)15)19(17)21;13-11-8-5-1-3-7-4-2-6-9(10(7)8)12(11)14;/h1-20H;1-11H;1-6H;1H/q+2;;;/p-1/b;17-11+;;. The Balaban J connectivity index is 0.000000135. The van der Waals surface area contributed by atoms with Gasteiger partial charge in [-0.3, -0.25) is 14.4 Å². The van der Waals surface area contributed by atoms with Gasteiger partial charge in [0.05, 0.1) is 12.5 Å². The van der Waals surface area contributed by atoms with Crippen LogP contribution in [0.2, 0.25) is 0 Å². The molecule has 0 saturated heterocycles. The summed E-state index contributed by atoms with van der Waals surface area (Å²) < 4.78 is 2.11. The number of rotatable bonds is 5. The first kappa shape index (κ1) is 43.6. The Morgan fingerprint density at radius 1 is 0.508 bits per heavy atom. The Morgan fingerprint density at radius 3 is 1.52 bits per heavy atom. The molecule has 0 unspecified atom stereocenters. The third kappa shape index (κ3) is 8.70. The van der Waals surface area contributed by atoms with Gasteiger partial charge in [0.15, 0.2) is 5.43 Å². The highest BCUT2D eigenvalue weighted by molar-refractivity contribution is 9.11. The van der Waals surface area contributed by atoms with Gasteiger partial charge in [0, 0.05) is 49.1 Å². The predicted molar refractivity (Wildman–Crippen MR) is 268 cm³/mol. The normalized spacial score (nSPS) is 13.8. The largest absolute Gasteiger partial charge is 1.00 e. The molecular weight excluding hydrogens is 991 g/mol. The molecule has 2 aliphatic rings. The molecule has 0 bridgehead atoms. The number of allylic oxidation sites excluding steroid dienone is 5. The first-order valence-corrected chi connectivity index (χ1v) is 23.6. The van der Waals surface area contributed by atoms with Gasteiger partial charge in [-0.05, 0) is 92.3 Å². The summed E-state index contributed by atoms with van der Waals surface area (Å²) in [5.41, 5.74) is 3.46. The highest BCUT2D eigenvalue weighted by Gasteiger charge is 2.44. The van der Waals surface area contributed by atoms with Crippen LogP contribution in [0.15, 0.2) is 231 Å². The second-order valence-corrected chi connectivity index (χ2v) is 20.0. The van der Waals surface area contributed by atoms with Crippen LogP contribution in [0.1, 0.15) is 26.3 Å². The summed E-state index contributed by atoms with van der Waals surface area (Å²) in [6, 6.07) is 63.6. The number of Topliss-reactive ketones (excluding diaryl/α,β-unsaturated/α-hetero) is 2. The number of benzene rings is 8. The van der Waals surface area contributed by atoms with E-state index in [9.17, 15) is 14.4 Å². The topological polar surface area (TPSA) is 51.2 Å². The van der Waals surface area contributed by atoms with E-state index in [1.54, 1.807) is 24.3 Å². The molecule has 0 N–H and O–H groups in total. The van der Waals surface area contributed by atoms with Crippen LogP contribution in [0.25, 0.3) is 38.4 Å². The average Bonchev–Trinajstić information content (AvgIpc) is 3.73. The second kappa shape index (κ2) is 19.2. The molecule has 0 aromatic heterocycles. The van der Waals surface area contributed by atoms with Crippen molar-refractivity contribution in [3.8, 4) is 0 Å². The zero-order chi connectivity index (χ0) is 42.6. The molecule has 3 nitrogen and oxygen atoms in total. The van der Waals surface area contributed by atoms with E-state index in [1.165, 1.54) is 21.5 Å². The van der Waals surface area contributed by atoms with Crippen molar-refractivity contribution in [2.24, 2.45) is 0 Å². The molecule has 0 saturated carbocycles. The molecule has 9 aromatic rings. The lowest BCUT2D eigenvalue weighted by atomic mass is 10.1. The molecule has 304 valence electrons. The van der Waals surface area contributed by atoms with E-state index >= 15 is 0 Å². The highest BCUT2D eigenvalue weighted by Crippen LogP contribution is 2.58. The molecule has 2 aliphatic carbocycles. The van der Waals surface area contributed by atoms with Crippen molar-refractivity contribution >= 4 is 105 Å². The smallest absolute Gasteiger partial charge is 0.234 e. The van der Waals surface area contributed by atoms with Crippen LogP contribution in [0.5, 0.6) is 0 Å². The Bertz CT molecular complexity index is 3190. The third-order valence-corrected chi connectivity index (χ3v) is 16.1. The maximum Gasteiger partial charge on any atom is 0.234 e. The molecule has 0 spiro atoms. The van der Waals surface area contributed by atoms with Crippen molar-refractivity contribution in [1.29, 1.82) is 0 Å². The Morgan fingerprint density at radius 2 is 1.00 bits per heavy atom. The van der Waals surface area contributed by atoms with Gasteiger partial charge in [-0.15, -0.1) is 0 Å². The number of hydrogen-bond donors (Lipinski definition) is 0. The number of ketones is 2. The minimum atomic E-state index is -1.94. The molecular formula is C56H37Br3O3P+. The van der Waals surface area contributed by atoms with Crippen LogP contribution in [0.3, 0.4) is 0 Å². The highest BCUT2D eigenvalue weighted by atomic mass is 79.9. The van der Waals surface area contributed by atoms with Crippen molar-refractivity contribution in [1.82, 2.24) is 0 Å². The maximum absolute atomic E-state index is 12.7. The minimum absolute atomic E-state index is 0. The van der Waals surface area contributed by atoms with Gasteiger partial charge in [0.1, 0.15) is 39.0 Å². The molecule has 0 radical (unpaired) electrons. The van der Waals surface area contributed by atoms with Crippen LogP contribution in [0.4, 0.5) is 0 Å². The lowest BCUT2D eigenvalue weighted by Gasteiger charge is -2.24. The fourth-order valence-electron chi connectivity index (χ4n) is 8.36. The Hall–Kier alpha value is -6.01. The quantitative estimate of drug-likeness (QED) is 0.0983. The van der Waals surface area contributed by atoms with Crippen LogP contribution in [-0.4, -0.2) is 11.6 Å². The molecule has 0 atom stereocenters. The summed E-state index contributed by atoms with van der Waals surface area (Å²) in [7, 11) is -1.94. The molecule has 0 aliphatic heterocycles. The van der Waals surface area contributed by atoms with Gasteiger partial charge in [-0.25, -0.2) is 0 Å². The van der Waals surface area contributed by atoms with Gasteiger partial charge >= 0.3 is 0 Å². The number of carbonyl (C=O) groups excluding carboxylic acids is 2. The van der Waals surface area contributed by atoms with Gasteiger partial charge in [-0.1, -0.05) is 155 Å². The summed E-state index contributed by atoms with van der Waals surface area (Å²) >= 11 is 7.10. The van der Waals surface area contributed by atoms with Crippen molar-refractivity contribution in [2.45, 2.75) is 0 Å². The summed E-state index contributed by atoms with van der Waals surface area (Å²) in [4.78, 5) is 35.7. The van der Waals surface area contributed by atoms with E-state index in [0.29, 0.717) is 11.1 Å². The van der Waals surface area contributed by atoms with Crippen LogP contribution >= 0.6 is 39.1 Å². The SMILES string of the molecule is BrC1=CC(=C[P+](c2ccccc2)(c2ccccc2)c2ccccc2)C=C[CH+]1.O=C1C(=O)c2cccc3cccc1c23.O=c1/c(=C/c2cccc(Br)c2)c2cccc3cccc1c32.[Br-]. The van der Waals surface area contributed by atoms with Crippen molar-refractivity contribution in [3.63, 3.8) is 0 Å². The predicted octanol–water partition coefficient (Wildman–Crippen LogP) is 9.24. The van der Waals surface area contributed by atoms with Crippen molar-refractivity contribution < 1.29 is 26.6 Å². The first-order chi connectivity index (χ1) is 30.3.